The van der Waals surface area contributed by atoms with Crippen molar-refractivity contribution in [2.75, 3.05) is 13.1 Å². The summed E-state index contributed by atoms with van der Waals surface area (Å²) in [6.07, 6.45) is 4.14. The van der Waals surface area contributed by atoms with E-state index in [1.165, 1.54) is 0 Å². The van der Waals surface area contributed by atoms with E-state index in [0.717, 1.165) is 25.7 Å². The molecular formula is C19H26N2O4. The molecule has 6 heteroatoms. The van der Waals surface area contributed by atoms with E-state index in [1.54, 1.807) is 29.2 Å². The normalized spacial score (nSPS) is 17.2. The molecule has 25 heavy (non-hydrogen) atoms. The van der Waals surface area contributed by atoms with Gasteiger partial charge in [0.2, 0.25) is 0 Å². The highest BCUT2D eigenvalue weighted by molar-refractivity contribution is 5.99. The van der Waals surface area contributed by atoms with Crippen LogP contribution >= 0.6 is 0 Å². The minimum atomic E-state index is -0.840. The fraction of sp³-hybridized carbons (Fsp3) is 0.526. The van der Waals surface area contributed by atoms with Gasteiger partial charge >= 0.3 is 5.97 Å². The van der Waals surface area contributed by atoms with E-state index in [9.17, 15) is 14.4 Å². The lowest BCUT2D eigenvalue weighted by Gasteiger charge is -2.35. The summed E-state index contributed by atoms with van der Waals surface area (Å²) >= 11 is 0. The zero-order chi connectivity index (χ0) is 18.2. The Kier molecular flexibility index (Phi) is 6.98. The summed E-state index contributed by atoms with van der Waals surface area (Å²) in [6, 6.07) is 6.69. The predicted octanol–water partition coefficient (Wildman–Crippen LogP) is 2.69. The number of rotatable bonds is 7. The Morgan fingerprint density at radius 3 is 2.72 bits per heavy atom. The van der Waals surface area contributed by atoms with Crippen LogP contribution in [0.5, 0.6) is 0 Å². The number of piperidine rings is 1. The van der Waals surface area contributed by atoms with Crippen molar-refractivity contribution in [3.8, 4) is 0 Å². The van der Waals surface area contributed by atoms with Crippen molar-refractivity contribution in [2.45, 2.75) is 51.5 Å². The third-order valence-electron chi connectivity index (χ3n) is 4.49. The summed E-state index contributed by atoms with van der Waals surface area (Å²) in [4.78, 5) is 37.6. The molecule has 1 aliphatic rings. The highest BCUT2D eigenvalue weighted by atomic mass is 16.4. The van der Waals surface area contributed by atoms with Gasteiger partial charge in [0.15, 0.2) is 0 Å². The van der Waals surface area contributed by atoms with E-state index < -0.39 is 5.97 Å². The molecule has 0 bridgehead atoms. The Labute approximate surface area is 148 Å². The first kappa shape index (κ1) is 19.0. The van der Waals surface area contributed by atoms with Crippen molar-refractivity contribution < 1.29 is 19.5 Å². The number of carboxylic acid groups (broad SMARTS) is 1. The van der Waals surface area contributed by atoms with E-state index in [4.69, 9.17) is 5.11 Å². The first-order chi connectivity index (χ1) is 12.0. The van der Waals surface area contributed by atoms with Crippen LogP contribution in [0.1, 0.15) is 66.2 Å². The largest absolute Gasteiger partial charge is 0.481 e. The number of amides is 2. The Balaban J connectivity index is 2.12. The molecule has 1 atom stereocenters. The SMILES string of the molecule is CCCNC(=O)c1cccc(C(=O)N2CCCCC2CCC(=O)O)c1. The van der Waals surface area contributed by atoms with E-state index in [2.05, 4.69) is 5.32 Å². The fourth-order valence-electron chi connectivity index (χ4n) is 3.16. The molecule has 1 aliphatic heterocycles. The number of carbonyl (C=O) groups is 3. The fourth-order valence-corrected chi connectivity index (χ4v) is 3.16. The van der Waals surface area contributed by atoms with Gasteiger partial charge in [-0.15, -0.1) is 0 Å². The van der Waals surface area contributed by atoms with Gasteiger partial charge in [0.1, 0.15) is 0 Å². The van der Waals surface area contributed by atoms with Gasteiger partial charge in [0, 0.05) is 36.7 Å². The second-order valence-corrected chi connectivity index (χ2v) is 6.42. The summed E-state index contributed by atoms with van der Waals surface area (Å²) < 4.78 is 0. The maximum absolute atomic E-state index is 12.9. The first-order valence-corrected chi connectivity index (χ1v) is 8.94. The lowest BCUT2D eigenvalue weighted by molar-refractivity contribution is -0.137. The minimum absolute atomic E-state index is 0.0464. The van der Waals surface area contributed by atoms with Crippen LogP contribution in [0, 0.1) is 0 Å². The zero-order valence-corrected chi connectivity index (χ0v) is 14.7. The Morgan fingerprint density at radius 2 is 2.00 bits per heavy atom. The van der Waals surface area contributed by atoms with Gasteiger partial charge < -0.3 is 15.3 Å². The minimum Gasteiger partial charge on any atom is -0.481 e. The van der Waals surface area contributed by atoms with Gasteiger partial charge in [0.25, 0.3) is 11.8 Å². The quantitative estimate of drug-likeness (QED) is 0.795. The molecule has 1 aromatic rings. The summed E-state index contributed by atoms with van der Waals surface area (Å²) in [5.74, 6) is -1.15. The molecule has 1 fully saturated rings. The molecule has 1 heterocycles. The third-order valence-corrected chi connectivity index (χ3v) is 4.49. The van der Waals surface area contributed by atoms with Gasteiger partial charge in [-0.05, 0) is 50.3 Å². The number of nitrogens with zero attached hydrogens (tertiary/aromatic N) is 1. The number of aliphatic carboxylic acids is 1. The summed E-state index contributed by atoms with van der Waals surface area (Å²) in [5.41, 5.74) is 0.949. The number of nitrogens with one attached hydrogen (secondary N) is 1. The average molecular weight is 346 g/mol. The lowest BCUT2D eigenvalue weighted by Crippen LogP contribution is -2.44. The number of hydrogen-bond donors (Lipinski definition) is 2. The Morgan fingerprint density at radius 1 is 1.24 bits per heavy atom. The summed E-state index contributed by atoms with van der Waals surface area (Å²) in [6.45, 7) is 3.21. The van der Waals surface area contributed by atoms with E-state index >= 15 is 0 Å². The molecule has 0 saturated carbocycles. The molecule has 0 aliphatic carbocycles. The van der Waals surface area contributed by atoms with Crippen LogP contribution in [0.25, 0.3) is 0 Å². The predicted molar refractivity (Wildman–Crippen MR) is 94.6 cm³/mol. The molecule has 2 rings (SSSR count). The Hall–Kier alpha value is -2.37. The van der Waals surface area contributed by atoms with Crippen LogP contribution in [0.4, 0.5) is 0 Å². The number of benzene rings is 1. The zero-order valence-electron chi connectivity index (χ0n) is 14.7. The van der Waals surface area contributed by atoms with Crippen LogP contribution in [0.15, 0.2) is 24.3 Å². The standard InChI is InChI=1S/C19H26N2O4/c1-2-11-20-18(24)14-6-5-7-15(13-14)19(25)21-12-4-3-8-16(21)9-10-17(22)23/h5-7,13,16H,2-4,8-12H2,1H3,(H,20,24)(H,22,23). The maximum atomic E-state index is 12.9. The number of carboxylic acids is 1. The Bertz CT molecular complexity index is 630. The molecule has 0 spiro atoms. The smallest absolute Gasteiger partial charge is 0.303 e. The van der Waals surface area contributed by atoms with E-state index in [-0.39, 0.29) is 24.3 Å². The highest BCUT2D eigenvalue weighted by Gasteiger charge is 2.28. The van der Waals surface area contributed by atoms with Crippen LogP contribution in [0.3, 0.4) is 0 Å². The van der Waals surface area contributed by atoms with Gasteiger partial charge in [-0.3, -0.25) is 14.4 Å². The number of carbonyl (C=O) groups excluding carboxylic acids is 2. The van der Waals surface area contributed by atoms with Crippen molar-refractivity contribution in [3.63, 3.8) is 0 Å². The van der Waals surface area contributed by atoms with Crippen molar-refractivity contribution in [1.82, 2.24) is 10.2 Å². The van der Waals surface area contributed by atoms with Crippen molar-refractivity contribution in [1.29, 1.82) is 0 Å². The summed E-state index contributed by atoms with van der Waals surface area (Å²) in [5, 5.41) is 11.7. The molecule has 2 amide bonds. The monoisotopic (exact) mass is 346 g/mol. The number of hydrogen-bond acceptors (Lipinski definition) is 3. The molecule has 2 N–H and O–H groups in total. The molecule has 6 nitrogen and oxygen atoms in total. The van der Waals surface area contributed by atoms with Crippen molar-refractivity contribution in [3.05, 3.63) is 35.4 Å². The average Bonchev–Trinajstić information content (AvgIpc) is 2.64. The first-order valence-electron chi connectivity index (χ1n) is 8.94. The second-order valence-electron chi connectivity index (χ2n) is 6.42. The van der Waals surface area contributed by atoms with Crippen LogP contribution in [-0.4, -0.2) is 46.9 Å². The van der Waals surface area contributed by atoms with Crippen LogP contribution < -0.4 is 5.32 Å². The molecular weight excluding hydrogens is 320 g/mol. The molecule has 0 radical (unpaired) electrons. The van der Waals surface area contributed by atoms with Crippen molar-refractivity contribution in [2.24, 2.45) is 0 Å². The lowest BCUT2D eigenvalue weighted by atomic mass is 9.96. The van der Waals surface area contributed by atoms with Gasteiger partial charge in [-0.1, -0.05) is 13.0 Å². The molecule has 0 aromatic heterocycles. The topological polar surface area (TPSA) is 86.7 Å². The maximum Gasteiger partial charge on any atom is 0.303 e. The van der Waals surface area contributed by atoms with Gasteiger partial charge in [-0.2, -0.15) is 0 Å². The van der Waals surface area contributed by atoms with Crippen LogP contribution in [0.2, 0.25) is 0 Å². The van der Waals surface area contributed by atoms with Gasteiger partial charge in [0.05, 0.1) is 0 Å². The van der Waals surface area contributed by atoms with Gasteiger partial charge in [-0.25, -0.2) is 0 Å². The molecule has 136 valence electrons. The molecule has 1 saturated heterocycles. The number of likely N-dealkylation sites (tertiary alicyclic amines) is 1. The third kappa shape index (κ3) is 5.31. The summed E-state index contributed by atoms with van der Waals surface area (Å²) in [7, 11) is 0. The second kappa shape index (κ2) is 9.20. The molecule has 1 unspecified atom stereocenters. The highest BCUT2D eigenvalue weighted by Crippen LogP contribution is 2.23. The molecule has 1 aromatic carbocycles. The van der Waals surface area contributed by atoms with E-state index in [1.807, 2.05) is 6.92 Å². The van der Waals surface area contributed by atoms with Crippen LogP contribution in [-0.2, 0) is 4.79 Å². The van der Waals surface area contributed by atoms with E-state index in [0.29, 0.717) is 30.6 Å². The van der Waals surface area contributed by atoms with Crippen molar-refractivity contribution >= 4 is 17.8 Å².